The second-order valence-corrected chi connectivity index (χ2v) is 8.27. The fourth-order valence-electron chi connectivity index (χ4n) is 2.04. The van der Waals surface area contributed by atoms with Gasteiger partial charge in [0.15, 0.2) is 9.84 Å². The quantitative estimate of drug-likeness (QED) is 0.612. The molecule has 0 amide bonds. The van der Waals surface area contributed by atoms with E-state index in [0.717, 1.165) is 11.3 Å². The molecule has 0 N–H and O–H groups in total. The molecule has 0 atom stereocenters. The van der Waals surface area contributed by atoms with Gasteiger partial charge in [0.25, 0.3) is 0 Å². The number of nitrogens with zero attached hydrogens (tertiary/aromatic N) is 1. The van der Waals surface area contributed by atoms with Crippen LogP contribution in [0.1, 0.15) is 22.3 Å². The molecule has 0 saturated heterocycles. The van der Waals surface area contributed by atoms with E-state index in [1.165, 1.54) is 12.1 Å². The summed E-state index contributed by atoms with van der Waals surface area (Å²) < 4.78 is 24.1. The summed E-state index contributed by atoms with van der Waals surface area (Å²) in [7, 11) is -3.24. The predicted octanol–water partition coefficient (Wildman–Crippen LogP) is 3.14. The Balaban J connectivity index is 1.82. The number of hydrogen-bond acceptors (Lipinski definition) is 6. The molecule has 1 aromatic carbocycles. The number of rotatable bonds is 2. The van der Waals surface area contributed by atoms with Crippen molar-refractivity contribution < 1.29 is 18.0 Å². The molecule has 0 bridgehead atoms. The van der Waals surface area contributed by atoms with Crippen LogP contribution in [0.3, 0.4) is 0 Å². The fraction of sp³-hybridized carbons (Fsp3) is 0.143. The van der Waals surface area contributed by atoms with E-state index in [4.69, 9.17) is 16.4 Å². The number of sulfone groups is 1. The lowest BCUT2D eigenvalue weighted by atomic mass is 10.1. The molecule has 0 radical (unpaired) electrons. The Morgan fingerprint density at radius 3 is 2.68 bits per heavy atom. The second-order valence-electron chi connectivity index (χ2n) is 4.61. The van der Waals surface area contributed by atoms with Crippen molar-refractivity contribution in [2.75, 3.05) is 5.75 Å². The van der Waals surface area contributed by atoms with Crippen LogP contribution in [0, 0.1) is 0 Å². The Morgan fingerprint density at radius 1 is 1.23 bits per heavy atom. The Morgan fingerprint density at radius 2 is 1.95 bits per heavy atom. The molecular weight excluding hydrogens is 346 g/mol. The van der Waals surface area contributed by atoms with Crippen LogP contribution in [0.25, 0.3) is 0 Å². The third-order valence-corrected chi connectivity index (χ3v) is 6.68. The molecule has 5 nitrogen and oxygen atoms in total. The first-order valence-electron chi connectivity index (χ1n) is 6.32. The lowest BCUT2D eigenvalue weighted by Crippen LogP contribution is -2.20. The first kappa shape index (κ1) is 15.2. The summed E-state index contributed by atoms with van der Waals surface area (Å²) >= 11 is 6.89. The molecule has 0 spiro atoms. The van der Waals surface area contributed by atoms with Gasteiger partial charge in [-0.2, -0.15) is 0 Å². The normalized spacial score (nSPS) is 18.0. The number of fused-ring (bicyclic) bond motifs is 1. The minimum Gasteiger partial charge on any atom is -0.313 e. The lowest BCUT2D eigenvalue weighted by molar-refractivity contribution is 0.0516. The molecule has 0 unspecified atom stereocenters. The summed E-state index contributed by atoms with van der Waals surface area (Å²) in [5.41, 5.74) is 1.30. The van der Waals surface area contributed by atoms with Crippen LogP contribution in [-0.2, 0) is 14.7 Å². The van der Waals surface area contributed by atoms with Crippen molar-refractivity contribution in [3.8, 4) is 0 Å². The summed E-state index contributed by atoms with van der Waals surface area (Å²) in [6.45, 7) is 0. The maximum atomic E-state index is 11.9. The number of carbonyl (C=O) groups is 1. The molecule has 1 aliphatic heterocycles. The number of halogens is 1. The molecule has 0 aliphatic carbocycles. The predicted molar refractivity (Wildman–Crippen MR) is 84.4 cm³/mol. The maximum Gasteiger partial charge on any atom is 0.365 e. The monoisotopic (exact) mass is 355 g/mol. The van der Waals surface area contributed by atoms with Gasteiger partial charge in [-0.05, 0) is 35.7 Å². The van der Waals surface area contributed by atoms with Crippen molar-refractivity contribution in [3.05, 3.63) is 51.9 Å². The van der Waals surface area contributed by atoms with E-state index in [2.05, 4.69) is 5.16 Å². The molecule has 8 heteroatoms. The molecule has 1 aliphatic rings. The van der Waals surface area contributed by atoms with Crippen LogP contribution in [-0.4, -0.2) is 25.9 Å². The van der Waals surface area contributed by atoms with E-state index in [-0.39, 0.29) is 16.4 Å². The molecule has 22 heavy (non-hydrogen) atoms. The summed E-state index contributed by atoms with van der Waals surface area (Å²) in [4.78, 5) is 16.8. The highest BCUT2D eigenvalue weighted by Gasteiger charge is 2.29. The van der Waals surface area contributed by atoms with E-state index in [9.17, 15) is 13.2 Å². The van der Waals surface area contributed by atoms with E-state index >= 15 is 0 Å². The van der Waals surface area contributed by atoms with Gasteiger partial charge in [-0.15, -0.1) is 11.3 Å². The number of carbonyl (C=O) groups excluding carboxylic acids is 1. The van der Waals surface area contributed by atoms with Gasteiger partial charge in [0.05, 0.1) is 17.0 Å². The van der Waals surface area contributed by atoms with Gasteiger partial charge in [0, 0.05) is 17.0 Å². The van der Waals surface area contributed by atoms with Crippen molar-refractivity contribution in [3.63, 3.8) is 0 Å². The average Bonchev–Trinajstić information content (AvgIpc) is 2.98. The molecule has 114 valence electrons. The molecule has 0 fully saturated rings. The highest BCUT2D eigenvalue weighted by Crippen LogP contribution is 2.30. The minimum atomic E-state index is -3.24. The summed E-state index contributed by atoms with van der Waals surface area (Å²) in [5.74, 6) is -0.646. The molecular formula is C14H10ClNO4S2. The van der Waals surface area contributed by atoms with Gasteiger partial charge in [-0.25, -0.2) is 13.2 Å². The number of oxime groups is 1. The van der Waals surface area contributed by atoms with Crippen LogP contribution in [0.4, 0.5) is 0 Å². The van der Waals surface area contributed by atoms with Crippen molar-refractivity contribution >= 4 is 44.5 Å². The third-order valence-electron chi connectivity index (χ3n) is 3.15. The number of benzene rings is 1. The zero-order valence-electron chi connectivity index (χ0n) is 11.2. The van der Waals surface area contributed by atoms with E-state index < -0.39 is 15.8 Å². The molecule has 1 aromatic heterocycles. The van der Waals surface area contributed by atoms with Crippen LogP contribution in [0.5, 0.6) is 0 Å². The van der Waals surface area contributed by atoms with Crippen LogP contribution < -0.4 is 0 Å². The average molecular weight is 356 g/mol. The van der Waals surface area contributed by atoms with Gasteiger partial charge >= 0.3 is 5.97 Å². The Hall–Kier alpha value is -1.70. The van der Waals surface area contributed by atoms with Crippen molar-refractivity contribution in [2.24, 2.45) is 5.16 Å². The van der Waals surface area contributed by atoms with Gasteiger partial charge < -0.3 is 4.84 Å². The van der Waals surface area contributed by atoms with Crippen molar-refractivity contribution in [2.45, 2.75) is 10.6 Å². The zero-order valence-corrected chi connectivity index (χ0v) is 13.5. The Labute approximate surface area is 136 Å². The van der Waals surface area contributed by atoms with E-state index in [0.29, 0.717) is 21.9 Å². The van der Waals surface area contributed by atoms with Gasteiger partial charge in [-0.1, -0.05) is 16.8 Å². The Kier molecular flexibility index (Phi) is 4.03. The van der Waals surface area contributed by atoms with Crippen LogP contribution in [0.15, 0.2) is 45.1 Å². The highest BCUT2D eigenvalue weighted by molar-refractivity contribution is 7.93. The van der Waals surface area contributed by atoms with Crippen molar-refractivity contribution in [1.29, 1.82) is 0 Å². The maximum absolute atomic E-state index is 11.9. The topological polar surface area (TPSA) is 72.8 Å². The first-order valence-corrected chi connectivity index (χ1v) is 9.23. The highest BCUT2D eigenvalue weighted by atomic mass is 35.5. The number of hydrogen-bond donors (Lipinski definition) is 0. The standard InChI is InChI=1S/C14H10ClNO4S2/c15-10-3-1-9(2-4-10)13(17)20-16-12-6-8-22(18,19)14-11(12)5-7-21-14/h1-5,7H,6,8H2/b16-12+. The first-order chi connectivity index (χ1) is 10.5. The largest absolute Gasteiger partial charge is 0.365 e. The van der Waals surface area contributed by atoms with Crippen molar-refractivity contribution in [1.82, 2.24) is 0 Å². The van der Waals surface area contributed by atoms with Gasteiger partial charge in [-0.3, -0.25) is 0 Å². The second kappa shape index (κ2) is 5.83. The van der Waals surface area contributed by atoms with E-state index in [1.54, 1.807) is 23.6 Å². The fourth-order valence-corrected chi connectivity index (χ4v) is 4.98. The summed E-state index contributed by atoms with van der Waals surface area (Å²) in [6, 6.07) is 7.90. The zero-order chi connectivity index (χ0) is 15.7. The Bertz CT molecular complexity index is 853. The lowest BCUT2D eigenvalue weighted by Gasteiger charge is -2.13. The molecule has 0 saturated carbocycles. The van der Waals surface area contributed by atoms with Crippen LogP contribution in [0.2, 0.25) is 5.02 Å². The van der Waals surface area contributed by atoms with Gasteiger partial charge in [0.2, 0.25) is 0 Å². The van der Waals surface area contributed by atoms with Crippen LogP contribution >= 0.6 is 22.9 Å². The summed E-state index contributed by atoms with van der Waals surface area (Å²) in [6.07, 6.45) is 0.222. The van der Waals surface area contributed by atoms with Gasteiger partial charge in [0.1, 0.15) is 4.21 Å². The van der Waals surface area contributed by atoms with E-state index in [1.807, 2.05) is 0 Å². The SMILES string of the molecule is O=C(O/N=C1\CCS(=O)(=O)c2sccc21)c1ccc(Cl)cc1. The molecule has 2 heterocycles. The summed E-state index contributed by atoms with van der Waals surface area (Å²) in [5, 5.41) is 6.04. The number of thiophene rings is 1. The smallest absolute Gasteiger partial charge is 0.313 e. The molecule has 2 aromatic rings. The third kappa shape index (κ3) is 2.92. The molecule has 3 rings (SSSR count). The minimum absolute atomic E-state index is 0.0299.